The van der Waals surface area contributed by atoms with Crippen molar-refractivity contribution in [3.63, 3.8) is 0 Å². The van der Waals surface area contributed by atoms with Gasteiger partial charge in [0.05, 0.1) is 5.39 Å². The maximum atomic E-state index is 13.1. The second-order valence-electron chi connectivity index (χ2n) is 6.76. The summed E-state index contributed by atoms with van der Waals surface area (Å²) < 4.78 is 11.6. The standard InChI is InChI=1S/C22H22ClNO4/c1-4-14(3)24-19(25)12-27-22-20(26)17-11-16(23)9-10-18(17)28-21(22)15-7-5-13(2)6-8-15/h5-11,14H,4,12H2,1-3H3,(H,24,25)/t14-/m0/s1. The second kappa shape index (κ2) is 8.48. The van der Waals surface area contributed by atoms with Crippen LogP contribution in [-0.2, 0) is 4.79 Å². The van der Waals surface area contributed by atoms with E-state index in [1.807, 2.05) is 45.0 Å². The Morgan fingerprint density at radius 1 is 1.21 bits per heavy atom. The molecule has 0 saturated heterocycles. The summed E-state index contributed by atoms with van der Waals surface area (Å²) in [5.41, 5.74) is 1.81. The van der Waals surface area contributed by atoms with Crippen LogP contribution in [-0.4, -0.2) is 18.6 Å². The first kappa shape index (κ1) is 20.0. The monoisotopic (exact) mass is 399 g/mol. The van der Waals surface area contributed by atoms with Gasteiger partial charge in [0.1, 0.15) is 5.58 Å². The Morgan fingerprint density at radius 2 is 1.93 bits per heavy atom. The van der Waals surface area contributed by atoms with Crippen molar-refractivity contribution in [2.75, 3.05) is 6.61 Å². The van der Waals surface area contributed by atoms with E-state index in [1.165, 1.54) is 6.07 Å². The van der Waals surface area contributed by atoms with Gasteiger partial charge in [-0.05, 0) is 38.5 Å². The number of amides is 1. The number of fused-ring (bicyclic) bond motifs is 1. The molecule has 0 radical (unpaired) electrons. The van der Waals surface area contributed by atoms with Crippen molar-refractivity contribution in [3.05, 3.63) is 63.3 Å². The van der Waals surface area contributed by atoms with Gasteiger partial charge in [-0.3, -0.25) is 9.59 Å². The molecule has 0 aliphatic heterocycles. The van der Waals surface area contributed by atoms with Crippen LogP contribution in [0, 0.1) is 6.92 Å². The zero-order valence-corrected chi connectivity index (χ0v) is 16.8. The number of nitrogens with one attached hydrogen (secondary N) is 1. The van der Waals surface area contributed by atoms with Crippen molar-refractivity contribution in [3.8, 4) is 17.1 Å². The highest BCUT2D eigenvalue weighted by Crippen LogP contribution is 2.31. The summed E-state index contributed by atoms with van der Waals surface area (Å²) in [6.07, 6.45) is 0.803. The Hall–Kier alpha value is -2.79. The first-order valence-electron chi connectivity index (χ1n) is 9.14. The minimum atomic E-state index is -0.365. The number of carbonyl (C=O) groups excluding carboxylic acids is 1. The van der Waals surface area contributed by atoms with Crippen molar-refractivity contribution in [2.45, 2.75) is 33.2 Å². The third kappa shape index (κ3) is 4.37. The van der Waals surface area contributed by atoms with E-state index in [1.54, 1.807) is 12.1 Å². The highest BCUT2D eigenvalue weighted by molar-refractivity contribution is 6.31. The van der Waals surface area contributed by atoms with Crippen LogP contribution < -0.4 is 15.5 Å². The van der Waals surface area contributed by atoms with Gasteiger partial charge in [-0.2, -0.15) is 0 Å². The molecule has 1 heterocycles. The molecule has 28 heavy (non-hydrogen) atoms. The van der Waals surface area contributed by atoms with Crippen molar-refractivity contribution in [1.82, 2.24) is 5.32 Å². The van der Waals surface area contributed by atoms with Crippen LogP contribution in [0.5, 0.6) is 5.75 Å². The average molecular weight is 400 g/mol. The molecule has 0 fully saturated rings. The topological polar surface area (TPSA) is 68.5 Å². The summed E-state index contributed by atoms with van der Waals surface area (Å²) in [4.78, 5) is 25.2. The minimum absolute atomic E-state index is 0.00192. The van der Waals surface area contributed by atoms with E-state index in [0.717, 1.165) is 12.0 Å². The summed E-state index contributed by atoms with van der Waals surface area (Å²) in [5, 5.41) is 3.54. The number of rotatable bonds is 6. The van der Waals surface area contributed by atoms with Gasteiger partial charge in [-0.25, -0.2) is 0 Å². The SMILES string of the molecule is CC[C@H](C)NC(=O)COc1c(-c2ccc(C)cc2)oc2ccc(Cl)cc2c1=O. The highest BCUT2D eigenvalue weighted by Gasteiger charge is 2.19. The largest absolute Gasteiger partial charge is 0.476 e. The summed E-state index contributed by atoms with van der Waals surface area (Å²) in [6, 6.07) is 12.4. The van der Waals surface area contributed by atoms with Crippen LogP contribution in [0.3, 0.4) is 0 Å². The van der Waals surface area contributed by atoms with Gasteiger partial charge in [-0.15, -0.1) is 0 Å². The zero-order valence-electron chi connectivity index (χ0n) is 16.0. The lowest BCUT2D eigenvalue weighted by molar-refractivity contribution is -0.123. The molecule has 1 amide bonds. The van der Waals surface area contributed by atoms with E-state index >= 15 is 0 Å². The summed E-state index contributed by atoms with van der Waals surface area (Å²) in [7, 11) is 0. The maximum Gasteiger partial charge on any atom is 0.258 e. The molecule has 0 aliphatic carbocycles. The predicted octanol–water partition coefficient (Wildman–Crippen LogP) is 4.72. The number of ether oxygens (including phenoxy) is 1. The number of benzene rings is 2. The van der Waals surface area contributed by atoms with Crippen LogP contribution in [0.15, 0.2) is 51.7 Å². The Kier molecular flexibility index (Phi) is 6.05. The molecule has 1 N–H and O–H groups in total. The van der Waals surface area contributed by atoms with Crippen LogP contribution in [0.25, 0.3) is 22.3 Å². The molecular formula is C22H22ClNO4. The number of aryl methyl sites for hydroxylation is 1. The molecule has 5 nitrogen and oxygen atoms in total. The van der Waals surface area contributed by atoms with Crippen molar-refractivity contribution in [2.24, 2.45) is 0 Å². The van der Waals surface area contributed by atoms with E-state index in [9.17, 15) is 9.59 Å². The van der Waals surface area contributed by atoms with Gasteiger partial charge in [0.2, 0.25) is 11.2 Å². The van der Waals surface area contributed by atoms with Crippen LogP contribution in [0.2, 0.25) is 5.02 Å². The fourth-order valence-corrected chi connectivity index (χ4v) is 2.90. The minimum Gasteiger partial charge on any atom is -0.476 e. The van der Waals surface area contributed by atoms with Gasteiger partial charge < -0.3 is 14.5 Å². The molecular weight excluding hydrogens is 378 g/mol. The Morgan fingerprint density at radius 3 is 2.61 bits per heavy atom. The molecule has 0 spiro atoms. The van der Waals surface area contributed by atoms with Crippen molar-refractivity contribution < 1.29 is 13.9 Å². The Labute approximate surface area is 168 Å². The molecule has 146 valence electrons. The van der Waals surface area contributed by atoms with Crippen LogP contribution >= 0.6 is 11.6 Å². The fourth-order valence-electron chi connectivity index (χ4n) is 2.73. The van der Waals surface area contributed by atoms with E-state index in [2.05, 4.69) is 5.32 Å². The molecule has 2 aromatic carbocycles. The van der Waals surface area contributed by atoms with Gasteiger partial charge in [0.15, 0.2) is 12.4 Å². The van der Waals surface area contributed by atoms with Crippen LogP contribution in [0.1, 0.15) is 25.8 Å². The summed E-state index contributed by atoms with van der Waals surface area (Å²) in [5.74, 6) is -0.0103. The lowest BCUT2D eigenvalue weighted by atomic mass is 10.1. The second-order valence-corrected chi connectivity index (χ2v) is 7.20. The van der Waals surface area contributed by atoms with Gasteiger partial charge >= 0.3 is 0 Å². The Bertz CT molecular complexity index is 1060. The van der Waals surface area contributed by atoms with E-state index in [0.29, 0.717) is 21.6 Å². The van der Waals surface area contributed by atoms with Crippen molar-refractivity contribution >= 4 is 28.5 Å². The van der Waals surface area contributed by atoms with Crippen molar-refractivity contribution in [1.29, 1.82) is 0 Å². The molecule has 0 unspecified atom stereocenters. The quantitative estimate of drug-likeness (QED) is 0.651. The molecule has 1 aromatic heterocycles. The first-order valence-corrected chi connectivity index (χ1v) is 9.52. The molecule has 3 aromatic rings. The lowest BCUT2D eigenvalue weighted by Crippen LogP contribution is -2.36. The zero-order chi connectivity index (χ0) is 20.3. The van der Waals surface area contributed by atoms with E-state index in [-0.39, 0.29) is 35.5 Å². The fraction of sp³-hybridized carbons (Fsp3) is 0.273. The molecule has 6 heteroatoms. The number of hydrogen-bond acceptors (Lipinski definition) is 4. The average Bonchev–Trinajstić information content (AvgIpc) is 2.68. The summed E-state index contributed by atoms with van der Waals surface area (Å²) >= 11 is 6.03. The smallest absolute Gasteiger partial charge is 0.258 e. The molecule has 0 bridgehead atoms. The van der Waals surface area contributed by atoms with Gasteiger partial charge in [0, 0.05) is 16.6 Å². The number of halogens is 1. The molecule has 0 aliphatic rings. The third-order valence-electron chi connectivity index (χ3n) is 4.49. The van der Waals surface area contributed by atoms with E-state index < -0.39 is 0 Å². The highest BCUT2D eigenvalue weighted by atomic mass is 35.5. The predicted molar refractivity (Wildman–Crippen MR) is 111 cm³/mol. The number of hydrogen-bond donors (Lipinski definition) is 1. The molecule has 1 atom stereocenters. The van der Waals surface area contributed by atoms with E-state index in [4.69, 9.17) is 20.8 Å². The normalized spacial score (nSPS) is 12.0. The third-order valence-corrected chi connectivity index (χ3v) is 4.73. The van der Waals surface area contributed by atoms with Gasteiger partial charge in [-0.1, -0.05) is 48.4 Å². The van der Waals surface area contributed by atoms with Crippen LogP contribution in [0.4, 0.5) is 0 Å². The first-order chi connectivity index (χ1) is 13.4. The van der Waals surface area contributed by atoms with Gasteiger partial charge in [0.25, 0.3) is 5.91 Å². The lowest BCUT2D eigenvalue weighted by Gasteiger charge is -2.14. The summed E-state index contributed by atoms with van der Waals surface area (Å²) in [6.45, 7) is 5.57. The Balaban J connectivity index is 2.05. The molecule has 0 saturated carbocycles. The molecule has 3 rings (SSSR count). The maximum absolute atomic E-state index is 13.1. The number of carbonyl (C=O) groups is 1.